The van der Waals surface area contributed by atoms with Gasteiger partial charge in [-0.25, -0.2) is 0 Å². The minimum atomic E-state index is -0.0179. The van der Waals surface area contributed by atoms with Gasteiger partial charge in [-0.3, -0.25) is 9.79 Å². The van der Waals surface area contributed by atoms with E-state index in [1.54, 1.807) is 7.05 Å². The number of likely N-dealkylation sites (tertiary alicyclic amines) is 1. The fourth-order valence-corrected chi connectivity index (χ4v) is 3.37. The van der Waals surface area contributed by atoms with Gasteiger partial charge in [0, 0.05) is 50.4 Å². The normalized spacial score (nSPS) is 16.8. The molecule has 1 amide bonds. The van der Waals surface area contributed by atoms with Crippen LogP contribution < -0.4 is 16.0 Å². The van der Waals surface area contributed by atoms with Crippen molar-refractivity contribution in [1.29, 1.82) is 0 Å². The molecule has 7 heteroatoms. The summed E-state index contributed by atoms with van der Waals surface area (Å²) in [7, 11) is 1.80. The van der Waals surface area contributed by atoms with Crippen LogP contribution in [0.15, 0.2) is 29.3 Å². The van der Waals surface area contributed by atoms with Crippen molar-refractivity contribution in [2.75, 3.05) is 20.1 Å². The van der Waals surface area contributed by atoms with Gasteiger partial charge in [0.1, 0.15) is 0 Å². The Bertz CT molecular complexity index is 656. The Morgan fingerprint density at radius 1 is 1.24 bits per heavy atom. The smallest absolute Gasteiger partial charge is 0.251 e. The van der Waals surface area contributed by atoms with Crippen molar-refractivity contribution in [3.8, 4) is 0 Å². The Balaban J connectivity index is 0.00000420. The molecule has 1 aromatic rings. The summed E-state index contributed by atoms with van der Waals surface area (Å²) in [6.07, 6.45) is 3.18. The number of benzene rings is 1. The lowest BCUT2D eigenvalue weighted by Gasteiger charge is -2.35. The van der Waals surface area contributed by atoms with Crippen molar-refractivity contribution in [1.82, 2.24) is 20.9 Å². The predicted molar refractivity (Wildman–Crippen MR) is 132 cm³/mol. The molecular formula is C22H38IN5O. The Morgan fingerprint density at radius 2 is 1.93 bits per heavy atom. The number of aliphatic imine (C=N–C) groups is 1. The summed E-state index contributed by atoms with van der Waals surface area (Å²) in [5.74, 6) is 0.799. The summed E-state index contributed by atoms with van der Waals surface area (Å²) in [6, 6.07) is 9.01. The molecule has 0 bridgehead atoms. The molecule has 0 aromatic heterocycles. The van der Waals surface area contributed by atoms with Crippen LogP contribution in [0.3, 0.4) is 0 Å². The molecule has 1 unspecified atom stereocenters. The van der Waals surface area contributed by atoms with E-state index in [0.717, 1.165) is 43.9 Å². The van der Waals surface area contributed by atoms with Gasteiger partial charge in [0.25, 0.3) is 5.91 Å². The molecule has 0 saturated carbocycles. The zero-order chi connectivity index (χ0) is 20.5. The molecular weight excluding hydrogens is 477 g/mol. The lowest BCUT2D eigenvalue weighted by Crippen LogP contribution is -2.49. The van der Waals surface area contributed by atoms with E-state index in [9.17, 15) is 4.79 Å². The van der Waals surface area contributed by atoms with Crippen LogP contribution in [-0.4, -0.2) is 55.0 Å². The highest BCUT2D eigenvalue weighted by Crippen LogP contribution is 2.13. The molecule has 29 heavy (non-hydrogen) atoms. The van der Waals surface area contributed by atoms with E-state index in [1.165, 1.54) is 0 Å². The van der Waals surface area contributed by atoms with Crippen LogP contribution in [0.4, 0.5) is 0 Å². The first-order valence-electron chi connectivity index (χ1n) is 10.5. The predicted octanol–water partition coefficient (Wildman–Crippen LogP) is 3.37. The van der Waals surface area contributed by atoms with Gasteiger partial charge in [0.05, 0.1) is 0 Å². The quantitative estimate of drug-likeness (QED) is 0.296. The van der Waals surface area contributed by atoms with Gasteiger partial charge >= 0.3 is 0 Å². The molecule has 2 rings (SSSR count). The van der Waals surface area contributed by atoms with E-state index >= 15 is 0 Å². The van der Waals surface area contributed by atoms with Crippen LogP contribution in [0.25, 0.3) is 0 Å². The number of nitrogens with zero attached hydrogens (tertiary/aromatic N) is 2. The summed E-state index contributed by atoms with van der Waals surface area (Å²) in [4.78, 5) is 19.2. The first-order chi connectivity index (χ1) is 13.4. The number of nitrogens with one attached hydrogen (secondary N) is 3. The number of rotatable bonds is 7. The Labute approximate surface area is 193 Å². The van der Waals surface area contributed by atoms with E-state index in [-0.39, 0.29) is 35.9 Å². The van der Waals surface area contributed by atoms with Crippen LogP contribution in [-0.2, 0) is 6.54 Å². The second-order valence-electron chi connectivity index (χ2n) is 7.96. The van der Waals surface area contributed by atoms with Gasteiger partial charge < -0.3 is 20.9 Å². The van der Waals surface area contributed by atoms with E-state index in [4.69, 9.17) is 0 Å². The summed E-state index contributed by atoms with van der Waals surface area (Å²) < 4.78 is 0. The summed E-state index contributed by atoms with van der Waals surface area (Å²) in [6.45, 7) is 11.5. The van der Waals surface area contributed by atoms with E-state index in [0.29, 0.717) is 24.2 Å². The monoisotopic (exact) mass is 515 g/mol. The first kappa shape index (κ1) is 25.7. The average Bonchev–Trinajstić information content (AvgIpc) is 2.71. The van der Waals surface area contributed by atoms with Gasteiger partial charge in [-0.2, -0.15) is 0 Å². The topological polar surface area (TPSA) is 68.8 Å². The second kappa shape index (κ2) is 13.1. The third-order valence-corrected chi connectivity index (χ3v) is 5.46. The fourth-order valence-electron chi connectivity index (χ4n) is 3.37. The van der Waals surface area contributed by atoms with Crippen LogP contribution in [0.5, 0.6) is 0 Å². The fraction of sp³-hybridized carbons (Fsp3) is 0.636. The van der Waals surface area contributed by atoms with E-state index < -0.39 is 0 Å². The SMILES string of the molecule is CCC(C)NC(=O)c1cccc(CNC(=NC)NC2CCN(C(C)C)CC2)c1.I. The molecule has 164 valence electrons. The maximum absolute atomic E-state index is 12.3. The molecule has 1 aromatic carbocycles. The van der Waals surface area contributed by atoms with Crippen LogP contribution in [0.2, 0.25) is 0 Å². The Morgan fingerprint density at radius 3 is 2.52 bits per heavy atom. The number of piperidine rings is 1. The number of halogens is 1. The molecule has 6 nitrogen and oxygen atoms in total. The minimum Gasteiger partial charge on any atom is -0.354 e. The molecule has 1 heterocycles. The largest absolute Gasteiger partial charge is 0.354 e. The number of carbonyl (C=O) groups is 1. The highest BCUT2D eigenvalue weighted by atomic mass is 127. The summed E-state index contributed by atoms with van der Waals surface area (Å²) in [5.41, 5.74) is 1.76. The van der Waals surface area contributed by atoms with Gasteiger partial charge in [0.15, 0.2) is 5.96 Å². The maximum Gasteiger partial charge on any atom is 0.251 e. The zero-order valence-electron chi connectivity index (χ0n) is 18.5. The third kappa shape index (κ3) is 8.50. The molecule has 0 spiro atoms. The van der Waals surface area contributed by atoms with Gasteiger partial charge in [-0.1, -0.05) is 19.1 Å². The first-order valence-corrected chi connectivity index (χ1v) is 10.5. The average molecular weight is 515 g/mol. The van der Waals surface area contributed by atoms with Crippen LogP contribution in [0, 0.1) is 0 Å². The van der Waals surface area contributed by atoms with Crippen molar-refractivity contribution < 1.29 is 4.79 Å². The maximum atomic E-state index is 12.3. The lowest BCUT2D eigenvalue weighted by atomic mass is 10.0. The van der Waals surface area contributed by atoms with Crippen molar-refractivity contribution in [3.05, 3.63) is 35.4 Å². The Hall–Kier alpha value is -1.35. The van der Waals surface area contributed by atoms with Crippen LogP contribution >= 0.6 is 24.0 Å². The zero-order valence-corrected chi connectivity index (χ0v) is 20.8. The van der Waals surface area contributed by atoms with Crippen molar-refractivity contribution in [2.24, 2.45) is 4.99 Å². The molecule has 1 saturated heterocycles. The molecule has 1 fully saturated rings. The van der Waals surface area contributed by atoms with Gasteiger partial charge in [-0.05, 0) is 57.7 Å². The Kier molecular flexibility index (Phi) is 11.6. The third-order valence-electron chi connectivity index (χ3n) is 5.46. The second-order valence-corrected chi connectivity index (χ2v) is 7.96. The summed E-state index contributed by atoms with van der Waals surface area (Å²) in [5, 5.41) is 9.93. The van der Waals surface area contributed by atoms with E-state index in [2.05, 4.69) is 46.6 Å². The number of carbonyl (C=O) groups excluding carboxylic acids is 1. The standard InChI is InChI=1S/C22H37N5O.HI/c1-6-17(4)25-21(28)19-9-7-8-18(14-19)15-24-22(23-5)26-20-10-12-27(13-11-20)16(2)3;/h7-9,14,16-17,20H,6,10-13,15H2,1-5H3,(H,25,28)(H2,23,24,26);1H. The molecule has 1 aliphatic heterocycles. The molecule has 1 aliphatic rings. The highest BCUT2D eigenvalue weighted by Gasteiger charge is 2.21. The molecule has 0 aliphatic carbocycles. The highest BCUT2D eigenvalue weighted by molar-refractivity contribution is 14.0. The lowest BCUT2D eigenvalue weighted by molar-refractivity contribution is 0.0939. The number of amides is 1. The van der Waals surface area contributed by atoms with Crippen molar-refractivity contribution in [2.45, 2.75) is 71.6 Å². The van der Waals surface area contributed by atoms with Crippen LogP contribution in [0.1, 0.15) is 62.9 Å². The van der Waals surface area contributed by atoms with Crippen molar-refractivity contribution in [3.63, 3.8) is 0 Å². The number of hydrogen-bond donors (Lipinski definition) is 3. The number of guanidine groups is 1. The van der Waals surface area contributed by atoms with Crippen molar-refractivity contribution >= 4 is 35.8 Å². The van der Waals surface area contributed by atoms with Gasteiger partial charge in [-0.15, -0.1) is 24.0 Å². The molecule has 3 N–H and O–H groups in total. The van der Waals surface area contributed by atoms with Gasteiger partial charge in [0.2, 0.25) is 0 Å². The summed E-state index contributed by atoms with van der Waals surface area (Å²) >= 11 is 0. The minimum absolute atomic E-state index is 0. The molecule has 1 atom stereocenters. The number of hydrogen-bond acceptors (Lipinski definition) is 3. The van der Waals surface area contributed by atoms with E-state index in [1.807, 2.05) is 31.2 Å². The molecule has 0 radical (unpaired) electrons.